The van der Waals surface area contributed by atoms with Crippen LogP contribution in [0.15, 0.2) is 18.2 Å². The normalized spacial score (nSPS) is 20.2. The van der Waals surface area contributed by atoms with Crippen molar-refractivity contribution in [2.24, 2.45) is 11.3 Å². The van der Waals surface area contributed by atoms with Gasteiger partial charge in [-0.15, -0.1) is 0 Å². The summed E-state index contributed by atoms with van der Waals surface area (Å²) in [6, 6.07) is 3.57. The molecule has 1 aromatic rings. The third-order valence-electron chi connectivity index (χ3n) is 4.47. The Bertz CT molecular complexity index is 428. The van der Waals surface area contributed by atoms with Crippen LogP contribution >= 0.6 is 0 Å². The molecule has 1 saturated carbocycles. The summed E-state index contributed by atoms with van der Waals surface area (Å²) in [4.78, 5) is 0. The molecule has 0 heterocycles. The number of halogens is 2. The molecule has 1 atom stereocenters. The minimum atomic E-state index is -0.402. The Morgan fingerprint density at radius 1 is 1.26 bits per heavy atom. The average molecular weight is 268 g/mol. The maximum absolute atomic E-state index is 13.7. The van der Waals surface area contributed by atoms with E-state index in [-0.39, 0.29) is 17.3 Å². The first-order valence-electron chi connectivity index (χ1n) is 6.95. The third kappa shape index (κ3) is 3.31. The lowest BCUT2D eigenvalue weighted by atomic mass is 9.69. The van der Waals surface area contributed by atoms with Gasteiger partial charge in [0.25, 0.3) is 0 Å². The number of benzene rings is 1. The van der Waals surface area contributed by atoms with Crippen molar-refractivity contribution >= 4 is 0 Å². The number of nitrogens with one attached hydrogen (secondary N) is 1. The molecule has 1 fully saturated rings. The monoisotopic (exact) mass is 268 g/mol. The zero-order valence-corrected chi connectivity index (χ0v) is 11.4. The number of hydrazine groups is 1. The van der Waals surface area contributed by atoms with Gasteiger partial charge in [-0.3, -0.25) is 11.3 Å². The fourth-order valence-corrected chi connectivity index (χ4v) is 3.13. The van der Waals surface area contributed by atoms with Crippen molar-refractivity contribution in [3.05, 3.63) is 35.4 Å². The molecule has 0 aliphatic heterocycles. The highest BCUT2D eigenvalue weighted by molar-refractivity contribution is 5.20. The largest absolute Gasteiger partial charge is 0.271 e. The van der Waals surface area contributed by atoms with Crippen LogP contribution in [-0.4, -0.2) is 6.04 Å². The lowest BCUT2D eigenvalue weighted by Crippen LogP contribution is -2.49. The van der Waals surface area contributed by atoms with Crippen LogP contribution in [0.3, 0.4) is 0 Å². The molecule has 0 bridgehead atoms. The summed E-state index contributed by atoms with van der Waals surface area (Å²) in [6.45, 7) is 2.19. The molecule has 0 radical (unpaired) electrons. The molecule has 0 aromatic heterocycles. The van der Waals surface area contributed by atoms with Crippen LogP contribution < -0.4 is 11.3 Å². The molecule has 19 heavy (non-hydrogen) atoms. The SMILES string of the molecule is CC1(C(Cc2cc(F)ccc2F)NN)CCCCC1. The van der Waals surface area contributed by atoms with E-state index >= 15 is 0 Å². The Hall–Kier alpha value is -1.00. The molecule has 2 nitrogen and oxygen atoms in total. The van der Waals surface area contributed by atoms with Gasteiger partial charge in [-0.2, -0.15) is 0 Å². The van der Waals surface area contributed by atoms with Crippen molar-refractivity contribution in [1.82, 2.24) is 5.43 Å². The molecular weight excluding hydrogens is 246 g/mol. The molecule has 2 rings (SSSR count). The van der Waals surface area contributed by atoms with E-state index in [1.165, 1.54) is 31.4 Å². The lowest BCUT2D eigenvalue weighted by Gasteiger charge is -2.40. The molecule has 0 saturated heterocycles. The summed E-state index contributed by atoms with van der Waals surface area (Å²) in [7, 11) is 0. The molecule has 1 unspecified atom stereocenters. The van der Waals surface area contributed by atoms with E-state index in [4.69, 9.17) is 5.84 Å². The van der Waals surface area contributed by atoms with Gasteiger partial charge in [-0.05, 0) is 48.4 Å². The molecule has 0 amide bonds. The number of rotatable bonds is 4. The smallest absolute Gasteiger partial charge is 0.126 e. The molecule has 1 aromatic carbocycles. The van der Waals surface area contributed by atoms with Gasteiger partial charge in [0.15, 0.2) is 0 Å². The summed E-state index contributed by atoms with van der Waals surface area (Å²) in [5, 5.41) is 0. The summed E-state index contributed by atoms with van der Waals surface area (Å²) < 4.78 is 26.9. The highest BCUT2D eigenvalue weighted by atomic mass is 19.1. The van der Waals surface area contributed by atoms with Gasteiger partial charge in [-0.25, -0.2) is 8.78 Å². The Labute approximate surface area is 113 Å². The van der Waals surface area contributed by atoms with E-state index in [1.807, 2.05) is 0 Å². The van der Waals surface area contributed by atoms with Crippen molar-refractivity contribution in [2.45, 2.75) is 51.5 Å². The molecule has 0 spiro atoms. The van der Waals surface area contributed by atoms with Crippen LogP contribution in [-0.2, 0) is 6.42 Å². The average Bonchev–Trinajstić information content (AvgIpc) is 2.40. The molecule has 1 aliphatic carbocycles. The van der Waals surface area contributed by atoms with Crippen molar-refractivity contribution < 1.29 is 8.78 Å². The van der Waals surface area contributed by atoms with Crippen LogP contribution in [0.5, 0.6) is 0 Å². The molecule has 3 N–H and O–H groups in total. The van der Waals surface area contributed by atoms with Crippen molar-refractivity contribution in [2.75, 3.05) is 0 Å². The quantitative estimate of drug-likeness (QED) is 0.649. The van der Waals surface area contributed by atoms with E-state index in [9.17, 15) is 8.78 Å². The summed E-state index contributed by atoms with van der Waals surface area (Å²) in [6.07, 6.45) is 6.20. The molecular formula is C15H22F2N2. The second kappa shape index (κ2) is 5.97. The predicted molar refractivity (Wildman–Crippen MR) is 72.4 cm³/mol. The first-order chi connectivity index (χ1) is 9.05. The number of nitrogens with two attached hydrogens (primary N) is 1. The van der Waals surface area contributed by atoms with Crippen LogP contribution in [0.4, 0.5) is 8.78 Å². The predicted octanol–water partition coefficient (Wildman–Crippen LogP) is 3.31. The van der Waals surface area contributed by atoms with Crippen LogP contribution in [0, 0.1) is 17.0 Å². The maximum atomic E-state index is 13.7. The highest BCUT2D eigenvalue weighted by Crippen LogP contribution is 2.39. The van der Waals surface area contributed by atoms with Crippen LogP contribution in [0.25, 0.3) is 0 Å². The maximum Gasteiger partial charge on any atom is 0.126 e. The Morgan fingerprint density at radius 3 is 2.58 bits per heavy atom. The number of hydrogen-bond donors (Lipinski definition) is 2. The van der Waals surface area contributed by atoms with Gasteiger partial charge in [0, 0.05) is 6.04 Å². The molecule has 1 aliphatic rings. The van der Waals surface area contributed by atoms with Gasteiger partial charge in [-0.1, -0.05) is 26.2 Å². The lowest BCUT2D eigenvalue weighted by molar-refractivity contribution is 0.143. The van der Waals surface area contributed by atoms with Gasteiger partial charge >= 0.3 is 0 Å². The van der Waals surface area contributed by atoms with Crippen LogP contribution in [0.1, 0.15) is 44.6 Å². The van der Waals surface area contributed by atoms with Gasteiger partial charge in [0.2, 0.25) is 0 Å². The Morgan fingerprint density at radius 2 is 1.95 bits per heavy atom. The summed E-state index contributed by atoms with van der Waals surface area (Å²) >= 11 is 0. The molecule has 106 valence electrons. The van der Waals surface area contributed by atoms with E-state index < -0.39 is 5.82 Å². The van der Waals surface area contributed by atoms with Crippen LogP contribution in [0.2, 0.25) is 0 Å². The summed E-state index contributed by atoms with van der Waals surface area (Å²) in [5.41, 5.74) is 3.28. The Balaban J connectivity index is 2.16. The summed E-state index contributed by atoms with van der Waals surface area (Å²) in [5.74, 6) is 4.90. The standard InChI is InChI=1S/C15H22F2N2/c1-15(7-3-2-4-8-15)14(19-18)10-11-9-12(16)5-6-13(11)17/h5-6,9,14,19H,2-4,7-8,10,18H2,1H3. The highest BCUT2D eigenvalue weighted by Gasteiger charge is 2.35. The van der Waals surface area contributed by atoms with Crippen molar-refractivity contribution in [1.29, 1.82) is 0 Å². The fraction of sp³-hybridized carbons (Fsp3) is 0.600. The second-order valence-corrected chi connectivity index (χ2v) is 5.87. The van der Waals surface area contributed by atoms with Crippen molar-refractivity contribution in [3.8, 4) is 0 Å². The number of hydrogen-bond acceptors (Lipinski definition) is 2. The second-order valence-electron chi connectivity index (χ2n) is 5.87. The van der Waals surface area contributed by atoms with Crippen molar-refractivity contribution in [3.63, 3.8) is 0 Å². The van der Waals surface area contributed by atoms with Gasteiger partial charge in [0.1, 0.15) is 11.6 Å². The topological polar surface area (TPSA) is 38.0 Å². The van der Waals surface area contributed by atoms with E-state index in [1.54, 1.807) is 0 Å². The van der Waals surface area contributed by atoms with E-state index in [0.717, 1.165) is 18.9 Å². The third-order valence-corrected chi connectivity index (χ3v) is 4.47. The minimum Gasteiger partial charge on any atom is -0.271 e. The first kappa shape index (κ1) is 14.4. The first-order valence-corrected chi connectivity index (χ1v) is 6.95. The van der Waals surface area contributed by atoms with E-state index in [0.29, 0.717) is 12.0 Å². The minimum absolute atomic E-state index is 0.0240. The van der Waals surface area contributed by atoms with Gasteiger partial charge < -0.3 is 0 Å². The zero-order chi connectivity index (χ0) is 13.9. The van der Waals surface area contributed by atoms with E-state index in [2.05, 4.69) is 12.3 Å². The zero-order valence-electron chi connectivity index (χ0n) is 11.4. The fourth-order valence-electron chi connectivity index (χ4n) is 3.13. The molecule has 4 heteroatoms. The van der Waals surface area contributed by atoms with Gasteiger partial charge in [0.05, 0.1) is 0 Å². The Kier molecular flexibility index (Phi) is 4.53.